The zero-order valence-electron chi connectivity index (χ0n) is 12.6. The molecule has 0 amide bonds. The Labute approximate surface area is 125 Å². The Balaban J connectivity index is 1.99. The van der Waals surface area contributed by atoms with E-state index in [1.165, 1.54) is 0 Å². The number of benzene rings is 1. The zero-order valence-corrected chi connectivity index (χ0v) is 12.6. The van der Waals surface area contributed by atoms with E-state index in [2.05, 4.69) is 4.90 Å². The van der Waals surface area contributed by atoms with Crippen molar-refractivity contribution >= 4 is 11.9 Å². The third-order valence-electron chi connectivity index (χ3n) is 4.26. The molecule has 3 heterocycles. The number of piperidine rings is 3. The van der Waals surface area contributed by atoms with Gasteiger partial charge in [0, 0.05) is 24.6 Å². The molecule has 3 saturated heterocycles. The molecular formula is C17H21NO3. The molecule has 3 fully saturated rings. The Morgan fingerprint density at radius 2 is 2.10 bits per heavy atom. The smallest absolute Gasteiger partial charge is 0.182 e. The Morgan fingerprint density at radius 3 is 2.71 bits per heavy atom. The van der Waals surface area contributed by atoms with Crippen molar-refractivity contribution in [2.45, 2.75) is 19.8 Å². The van der Waals surface area contributed by atoms with Crippen molar-refractivity contribution in [2.75, 3.05) is 26.8 Å². The summed E-state index contributed by atoms with van der Waals surface area (Å²) in [6, 6.07) is 5.78. The highest BCUT2D eigenvalue weighted by Crippen LogP contribution is 2.36. The highest BCUT2D eigenvalue weighted by Gasteiger charge is 2.36. The fourth-order valence-electron chi connectivity index (χ4n) is 3.19. The molecule has 0 saturated carbocycles. The van der Waals surface area contributed by atoms with Gasteiger partial charge in [0.1, 0.15) is 0 Å². The van der Waals surface area contributed by atoms with Crippen molar-refractivity contribution in [1.82, 2.24) is 4.90 Å². The third kappa shape index (κ3) is 2.50. The summed E-state index contributed by atoms with van der Waals surface area (Å²) in [7, 11) is 1.63. The number of nitrogens with zero attached hydrogens (tertiary/aromatic N) is 1. The second-order valence-electron chi connectivity index (χ2n) is 5.47. The number of fused-ring (bicyclic) bond motifs is 3. The van der Waals surface area contributed by atoms with E-state index in [0.29, 0.717) is 12.4 Å². The van der Waals surface area contributed by atoms with Crippen LogP contribution in [0.1, 0.15) is 25.3 Å². The highest BCUT2D eigenvalue weighted by molar-refractivity contribution is 6.02. The van der Waals surface area contributed by atoms with Crippen molar-refractivity contribution in [3.63, 3.8) is 0 Å². The van der Waals surface area contributed by atoms with Gasteiger partial charge in [-0.2, -0.15) is 0 Å². The average Bonchev–Trinajstić information content (AvgIpc) is 2.52. The van der Waals surface area contributed by atoms with Crippen LogP contribution in [0.2, 0.25) is 0 Å². The SMILES string of the molecule is CCOc1cccc(/C=C2/C(=O)C3CCN2CC3)c1OC. The summed E-state index contributed by atoms with van der Waals surface area (Å²) in [5.74, 6) is 1.90. The predicted octanol–water partition coefficient (Wildman–Crippen LogP) is 2.73. The van der Waals surface area contributed by atoms with E-state index >= 15 is 0 Å². The summed E-state index contributed by atoms with van der Waals surface area (Å²) >= 11 is 0. The van der Waals surface area contributed by atoms with Crippen LogP contribution in [0, 0.1) is 5.92 Å². The number of carbonyl (C=O) groups excluding carboxylic acids is 1. The van der Waals surface area contributed by atoms with E-state index in [-0.39, 0.29) is 11.7 Å². The lowest BCUT2D eigenvalue weighted by Crippen LogP contribution is -2.45. The van der Waals surface area contributed by atoms with Gasteiger partial charge in [0.2, 0.25) is 0 Å². The van der Waals surface area contributed by atoms with Gasteiger partial charge in [-0.25, -0.2) is 0 Å². The summed E-state index contributed by atoms with van der Waals surface area (Å²) in [4.78, 5) is 14.6. The number of hydrogen-bond donors (Lipinski definition) is 0. The van der Waals surface area contributed by atoms with E-state index < -0.39 is 0 Å². The molecule has 112 valence electrons. The molecule has 4 rings (SSSR count). The molecule has 0 atom stereocenters. The molecule has 1 aromatic rings. The number of methoxy groups -OCH3 is 1. The largest absolute Gasteiger partial charge is 0.492 e. The van der Waals surface area contributed by atoms with Crippen LogP contribution in [0.15, 0.2) is 23.9 Å². The lowest BCUT2D eigenvalue weighted by molar-refractivity contribution is -0.125. The molecule has 4 heteroatoms. The molecule has 0 unspecified atom stereocenters. The number of allylic oxidation sites excluding steroid dienone is 1. The summed E-state index contributed by atoms with van der Waals surface area (Å²) in [5, 5.41) is 0. The molecular weight excluding hydrogens is 266 g/mol. The van der Waals surface area contributed by atoms with E-state index in [4.69, 9.17) is 9.47 Å². The van der Waals surface area contributed by atoms with Crippen LogP contribution in [-0.4, -0.2) is 37.5 Å². The summed E-state index contributed by atoms with van der Waals surface area (Å²) < 4.78 is 11.1. The Hall–Kier alpha value is -1.97. The van der Waals surface area contributed by atoms with Crippen LogP contribution in [0.25, 0.3) is 6.08 Å². The number of ketones is 1. The first kappa shape index (κ1) is 14.0. The van der Waals surface area contributed by atoms with Gasteiger partial charge in [0.05, 0.1) is 19.4 Å². The normalized spacial score (nSPS) is 20.2. The quantitative estimate of drug-likeness (QED) is 0.798. The first-order valence-electron chi connectivity index (χ1n) is 7.55. The number of hydrogen-bond acceptors (Lipinski definition) is 4. The molecule has 21 heavy (non-hydrogen) atoms. The van der Waals surface area contributed by atoms with Crippen molar-refractivity contribution in [3.8, 4) is 11.5 Å². The molecule has 0 N–H and O–H groups in total. The first-order chi connectivity index (χ1) is 10.2. The number of rotatable bonds is 4. The molecule has 3 aliphatic rings. The van der Waals surface area contributed by atoms with E-state index in [1.54, 1.807) is 7.11 Å². The molecule has 0 aromatic heterocycles. The molecule has 0 aliphatic carbocycles. The van der Waals surface area contributed by atoms with E-state index in [1.807, 2.05) is 31.2 Å². The average molecular weight is 287 g/mol. The van der Waals surface area contributed by atoms with Gasteiger partial charge < -0.3 is 14.4 Å². The van der Waals surface area contributed by atoms with Crippen LogP contribution in [-0.2, 0) is 4.79 Å². The van der Waals surface area contributed by atoms with Gasteiger partial charge in [-0.1, -0.05) is 12.1 Å². The molecule has 2 bridgehead atoms. The number of carbonyl (C=O) groups is 1. The predicted molar refractivity (Wildman–Crippen MR) is 81.4 cm³/mol. The van der Waals surface area contributed by atoms with Crippen LogP contribution < -0.4 is 9.47 Å². The molecule has 0 radical (unpaired) electrons. The van der Waals surface area contributed by atoms with Crippen LogP contribution in [0.3, 0.4) is 0 Å². The van der Waals surface area contributed by atoms with Gasteiger partial charge in [0.15, 0.2) is 17.3 Å². The zero-order chi connectivity index (χ0) is 14.8. The Bertz CT molecular complexity index is 571. The standard InChI is InChI=1S/C17H21NO3/c1-3-21-15-6-4-5-13(17(15)20-2)11-14-16(19)12-7-9-18(14)10-8-12/h4-6,11-12H,3,7-10H2,1-2H3/b14-11-. The highest BCUT2D eigenvalue weighted by atomic mass is 16.5. The maximum atomic E-state index is 12.4. The second kappa shape index (κ2) is 5.80. The van der Waals surface area contributed by atoms with Crippen molar-refractivity contribution < 1.29 is 14.3 Å². The number of Topliss-reactive ketones (excluding diaryl/α,β-unsaturated/α-hetero) is 1. The van der Waals surface area contributed by atoms with Gasteiger partial charge in [0.25, 0.3) is 0 Å². The minimum absolute atomic E-state index is 0.210. The number of ether oxygens (including phenoxy) is 2. The maximum absolute atomic E-state index is 12.4. The van der Waals surface area contributed by atoms with E-state index in [9.17, 15) is 4.79 Å². The lowest BCUT2D eigenvalue weighted by Gasteiger charge is -2.41. The molecule has 0 spiro atoms. The maximum Gasteiger partial charge on any atom is 0.182 e. The fourth-order valence-corrected chi connectivity index (χ4v) is 3.19. The molecule has 1 aromatic carbocycles. The van der Waals surface area contributed by atoms with Gasteiger partial charge in [-0.3, -0.25) is 4.79 Å². The summed E-state index contributed by atoms with van der Waals surface area (Å²) in [6.45, 7) is 4.49. The van der Waals surface area contributed by atoms with Gasteiger partial charge in [-0.05, 0) is 31.9 Å². The van der Waals surface area contributed by atoms with Crippen molar-refractivity contribution in [3.05, 3.63) is 29.5 Å². The second-order valence-corrected chi connectivity index (χ2v) is 5.47. The van der Waals surface area contributed by atoms with Crippen LogP contribution in [0.4, 0.5) is 0 Å². The first-order valence-corrected chi connectivity index (χ1v) is 7.55. The van der Waals surface area contributed by atoms with E-state index in [0.717, 1.165) is 42.9 Å². The Kier molecular flexibility index (Phi) is 3.86. The molecule has 4 nitrogen and oxygen atoms in total. The van der Waals surface area contributed by atoms with Crippen LogP contribution >= 0.6 is 0 Å². The lowest BCUT2D eigenvalue weighted by atomic mass is 9.84. The minimum atomic E-state index is 0.210. The number of para-hydroxylation sites is 1. The molecule has 3 aliphatic heterocycles. The fraction of sp³-hybridized carbons (Fsp3) is 0.471. The Morgan fingerprint density at radius 1 is 1.33 bits per heavy atom. The van der Waals surface area contributed by atoms with Gasteiger partial charge in [-0.15, -0.1) is 0 Å². The summed E-state index contributed by atoms with van der Waals surface area (Å²) in [6.07, 6.45) is 3.94. The third-order valence-corrected chi connectivity index (χ3v) is 4.26. The topological polar surface area (TPSA) is 38.8 Å². The van der Waals surface area contributed by atoms with Gasteiger partial charge >= 0.3 is 0 Å². The minimum Gasteiger partial charge on any atom is -0.492 e. The van der Waals surface area contributed by atoms with Crippen molar-refractivity contribution in [2.24, 2.45) is 5.92 Å². The van der Waals surface area contributed by atoms with Crippen LogP contribution in [0.5, 0.6) is 11.5 Å². The van der Waals surface area contributed by atoms with Crippen molar-refractivity contribution in [1.29, 1.82) is 0 Å². The summed E-state index contributed by atoms with van der Waals surface area (Å²) in [5.41, 5.74) is 1.73. The monoisotopic (exact) mass is 287 g/mol.